The summed E-state index contributed by atoms with van der Waals surface area (Å²) in [5.41, 5.74) is 0.0497. The molecule has 0 saturated heterocycles. The van der Waals surface area contributed by atoms with Crippen LogP contribution >= 0.6 is 11.5 Å². The fourth-order valence-electron chi connectivity index (χ4n) is 1.47. The van der Waals surface area contributed by atoms with Crippen LogP contribution in [0.5, 0.6) is 0 Å². The van der Waals surface area contributed by atoms with Gasteiger partial charge >= 0.3 is 0 Å². The zero-order valence-corrected chi connectivity index (χ0v) is 12.5. The van der Waals surface area contributed by atoms with Gasteiger partial charge in [0.25, 0.3) is 0 Å². The molecular formula is C13H25N3S. The van der Waals surface area contributed by atoms with Crippen molar-refractivity contribution in [3.05, 3.63) is 5.82 Å². The third-order valence-electron chi connectivity index (χ3n) is 2.58. The molecule has 0 aliphatic rings. The molecule has 0 unspecified atom stereocenters. The quantitative estimate of drug-likeness (QED) is 0.779. The fourth-order valence-corrected chi connectivity index (χ4v) is 2.25. The Hall–Kier alpha value is -0.640. The summed E-state index contributed by atoms with van der Waals surface area (Å²) in [6, 6.07) is 0. The Labute approximate surface area is 109 Å². The molecule has 17 heavy (non-hydrogen) atoms. The van der Waals surface area contributed by atoms with E-state index in [0.717, 1.165) is 23.4 Å². The number of unbranched alkanes of at least 4 members (excludes halogenated alkanes) is 1. The van der Waals surface area contributed by atoms with Crippen molar-refractivity contribution in [2.24, 2.45) is 5.92 Å². The predicted octanol–water partition coefficient (Wildman–Crippen LogP) is 4.07. The number of aromatic nitrogens is 2. The lowest BCUT2D eigenvalue weighted by molar-refractivity contribution is 0.544. The number of hydrogen-bond donors (Lipinski definition) is 1. The predicted molar refractivity (Wildman–Crippen MR) is 75.8 cm³/mol. The van der Waals surface area contributed by atoms with E-state index >= 15 is 0 Å². The summed E-state index contributed by atoms with van der Waals surface area (Å²) in [7, 11) is 0. The van der Waals surface area contributed by atoms with Gasteiger partial charge in [-0.3, -0.25) is 0 Å². The van der Waals surface area contributed by atoms with E-state index in [2.05, 4.69) is 49.3 Å². The van der Waals surface area contributed by atoms with E-state index in [9.17, 15) is 0 Å². The van der Waals surface area contributed by atoms with E-state index in [0.29, 0.717) is 0 Å². The Bertz CT molecular complexity index is 326. The van der Waals surface area contributed by atoms with Crippen LogP contribution in [0.3, 0.4) is 0 Å². The Balaban J connectivity index is 2.26. The highest BCUT2D eigenvalue weighted by Crippen LogP contribution is 2.22. The molecule has 0 aromatic carbocycles. The van der Waals surface area contributed by atoms with Crippen LogP contribution in [0.25, 0.3) is 0 Å². The highest BCUT2D eigenvalue weighted by molar-refractivity contribution is 7.09. The average molecular weight is 255 g/mol. The first kappa shape index (κ1) is 14.4. The van der Waals surface area contributed by atoms with Crippen molar-refractivity contribution < 1.29 is 0 Å². The third-order valence-corrected chi connectivity index (χ3v) is 3.25. The highest BCUT2D eigenvalue weighted by atomic mass is 32.1. The molecule has 1 N–H and O–H groups in total. The molecule has 0 atom stereocenters. The van der Waals surface area contributed by atoms with Crippen molar-refractivity contribution in [2.45, 2.75) is 59.3 Å². The van der Waals surface area contributed by atoms with Crippen molar-refractivity contribution in [1.82, 2.24) is 9.36 Å². The van der Waals surface area contributed by atoms with E-state index in [-0.39, 0.29) is 5.41 Å². The van der Waals surface area contributed by atoms with Gasteiger partial charge in [0.1, 0.15) is 5.82 Å². The van der Waals surface area contributed by atoms with Gasteiger partial charge in [0.15, 0.2) is 0 Å². The molecule has 0 saturated carbocycles. The van der Waals surface area contributed by atoms with Crippen molar-refractivity contribution in [3.8, 4) is 0 Å². The molecule has 0 fully saturated rings. The van der Waals surface area contributed by atoms with Crippen LogP contribution in [-0.2, 0) is 5.41 Å². The summed E-state index contributed by atoms with van der Waals surface area (Å²) in [4.78, 5) is 4.51. The normalized spacial score (nSPS) is 12.1. The number of nitrogens with zero attached hydrogens (tertiary/aromatic N) is 2. The van der Waals surface area contributed by atoms with Gasteiger partial charge in [-0.1, -0.05) is 47.5 Å². The minimum absolute atomic E-state index is 0.0497. The van der Waals surface area contributed by atoms with Gasteiger partial charge in [-0.2, -0.15) is 4.37 Å². The molecule has 4 heteroatoms. The molecule has 1 rings (SSSR count). The number of nitrogens with one attached hydrogen (secondary N) is 1. The molecule has 0 radical (unpaired) electrons. The molecule has 1 aromatic rings. The number of anilines is 1. The standard InChI is InChI=1S/C13H25N3S/c1-10(2)8-6-7-9-14-12-15-11(16-17-12)13(3,4)5/h10H,6-9H2,1-5H3,(H,14,15,16). The molecule has 1 aromatic heterocycles. The van der Waals surface area contributed by atoms with Crippen molar-refractivity contribution in [1.29, 1.82) is 0 Å². The molecule has 3 nitrogen and oxygen atoms in total. The lowest BCUT2D eigenvalue weighted by Gasteiger charge is -2.12. The van der Waals surface area contributed by atoms with Crippen LogP contribution in [-0.4, -0.2) is 15.9 Å². The lowest BCUT2D eigenvalue weighted by Crippen LogP contribution is -2.13. The maximum absolute atomic E-state index is 4.51. The molecule has 0 aliphatic carbocycles. The smallest absolute Gasteiger partial charge is 0.202 e. The Kier molecular flexibility index (Phi) is 5.37. The van der Waals surface area contributed by atoms with Crippen LogP contribution < -0.4 is 5.32 Å². The van der Waals surface area contributed by atoms with E-state index in [4.69, 9.17) is 0 Å². The van der Waals surface area contributed by atoms with Gasteiger partial charge in [0.05, 0.1) is 0 Å². The van der Waals surface area contributed by atoms with Crippen molar-refractivity contribution in [3.63, 3.8) is 0 Å². The minimum atomic E-state index is 0.0497. The van der Waals surface area contributed by atoms with Crippen LogP contribution in [0.2, 0.25) is 0 Å². The van der Waals surface area contributed by atoms with E-state index < -0.39 is 0 Å². The Morgan fingerprint density at radius 1 is 1.24 bits per heavy atom. The van der Waals surface area contributed by atoms with Gasteiger partial charge in [-0.25, -0.2) is 4.98 Å². The summed E-state index contributed by atoms with van der Waals surface area (Å²) >= 11 is 1.47. The van der Waals surface area contributed by atoms with Crippen molar-refractivity contribution in [2.75, 3.05) is 11.9 Å². The number of rotatable bonds is 6. The molecule has 0 amide bonds. The topological polar surface area (TPSA) is 37.8 Å². The fraction of sp³-hybridized carbons (Fsp3) is 0.846. The van der Waals surface area contributed by atoms with Crippen LogP contribution in [0, 0.1) is 5.92 Å². The molecule has 0 aliphatic heterocycles. The van der Waals surface area contributed by atoms with Gasteiger partial charge in [-0.05, 0) is 12.3 Å². The van der Waals surface area contributed by atoms with Crippen LogP contribution in [0.4, 0.5) is 5.13 Å². The van der Waals surface area contributed by atoms with Gasteiger partial charge in [0.2, 0.25) is 5.13 Å². The van der Waals surface area contributed by atoms with E-state index in [1.54, 1.807) is 0 Å². The van der Waals surface area contributed by atoms with Crippen molar-refractivity contribution >= 4 is 16.7 Å². The summed E-state index contributed by atoms with van der Waals surface area (Å²) < 4.78 is 4.38. The lowest BCUT2D eigenvalue weighted by atomic mass is 9.96. The zero-order chi connectivity index (χ0) is 12.9. The Morgan fingerprint density at radius 2 is 1.94 bits per heavy atom. The highest BCUT2D eigenvalue weighted by Gasteiger charge is 2.19. The second-order valence-electron chi connectivity index (χ2n) is 5.99. The maximum Gasteiger partial charge on any atom is 0.202 e. The first-order chi connectivity index (χ1) is 7.89. The first-order valence-electron chi connectivity index (χ1n) is 6.47. The monoisotopic (exact) mass is 255 g/mol. The molecule has 0 spiro atoms. The van der Waals surface area contributed by atoms with Gasteiger partial charge in [-0.15, -0.1) is 0 Å². The summed E-state index contributed by atoms with van der Waals surface area (Å²) in [6.45, 7) is 12.0. The minimum Gasteiger partial charge on any atom is -0.360 e. The van der Waals surface area contributed by atoms with Gasteiger partial charge in [0, 0.05) is 23.5 Å². The second-order valence-corrected chi connectivity index (χ2v) is 6.74. The SMILES string of the molecule is CC(C)CCCCNc1nc(C(C)(C)C)ns1. The third kappa shape index (κ3) is 5.48. The molecular weight excluding hydrogens is 230 g/mol. The summed E-state index contributed by atoms with van der Waals surface area (Å²) in [5, 5.41) is 4.31. The van der Waals surface area contributed by atoms with Gasteiger partial charge < -0.3 is 5.32 Å². The number of hydrogen-bond acceptors (Lipinski definition) is 4. The molecule has 1 heterocycles. The average Bonchev–Trinajstić information content (AvgIpc) is 2.64. The first-order valence-corrected chi connectivity index (χ1v) is 7.25. The second kappa shape index (κ2) is 6.34. The van der Waals surface area contributed by atoms with Crippen LogP contribution in [0.1, 0.15) is 59.7 Å². The maximum atomic E-state index is 4.51. The largest absolute Gasteiger partial charge is 0.360 e. The van der Waals surface area contributed by atoms with Crippen LogP contribution in [0.15, 0.2) is 0 Å². The molecule has 98 valence electrons. The summed E-state index contributed by atoms with van der Waals surface area (Å²) in [5.74, 6) is 1.75. The zero-order valence-electron chi connectivity index (χ0n) is 11.7. The van der Waals surface area contributed by atoms with E-state index in [1.165, 1.54) is 30.8 Å². The van der Waals surface area contributed by atoms with E-state index in [1.807, 2.05) is 0 Å². The summed E-state index contributed by atoms with van der Waals surface area (Å²) in [6.07, 6.45) is 3.81. The Morgan fingerprint density at radius 3 is 2.47 bits per heavy atom. The molecule has 0 bridgehead atoms.